The number of hydrogen-bond acceptors (Lipinski definition) is 4. The lowest BCUT2D eigenvalue weighted by Gasteiger charge is -2.10. The Morgan fingerprint density at radius 3 is 2.11 bits per heavy atom. The van der Waals surface area contributed by atoms with Crippen LogP contribution in [0, 0.1) is 0 Å². The number of esters is 1. The molecule has 0 saturated heterocycles. The first kappa shape index (κ1) is 14.4. The average Bonchev–Trinajstić information content (AvgIpc) is 2.35. The van der Waals surface area contributed by atoms with E-state index in [-0.39, 0.29) is 12.1 Å². The van der Waals surface area contributed by atoms with Crippen molar-refractivity contribution in [1.82, 2.24) is 0 Å². The molecular weight excluding hydrogens is 232 g/mol. The highest BCUT2D eigenvalue weighted by molar-refractivity contribution is 5.69. The molecule has 0 atom stereocenters. The lowest BCUT2D eigenvalue weighted by Crippen LogP contribution is -2.11. The molecule has 0 N–H and O–H groups in total. The zero-order chi connectivity index (χ0) is 13.5. The molecule has 0 amide bonds. The van der Waals surface area contributed by atoms with Gasteiger partial charge in [-0.15, -0.1) is 0 Å². The van der Waals surface area contributed by atoms with Crippen molar-refractivity contribution < 1.29 is 19.0 Å². The van der Waals surface area contributed by atoms with E-state index in [0.717, 1.165) is 17.1 Å². The summed E-state index contributed by atoms with van der Waals surface area (Å²) >= 11 is 0. The third-order valence-corrected chi connectivity index (χ3v) is 2.40. The molecule has 0 aromatic heterocycles. The van der Waals surface area contributed by atoms with Crippen LogP contribution < -0.4 is 9.47 Å². The van der Waals surface area contributed by atoms with E-state index < -0.39 is 0 Å². The summed E-state index contributed by atoms with van der Waals surface area (Å²) in [7, 11) is 3.21. The Balaban J connectivity index is 2.63. The van der Waals surface area contributed by atoms with Crippen LogP contribution in [0.5, 0.6) is 11.5 Å². The topological polar surface area (TPSA) is 44.8 Å². The summed E-state index contributed by atoms with van der Waals surface area (Å²) in [6, 6.07) is 5.59. The van der Waals surface area contributed by atoms with Gasteiger partial charge in [0.25, 0.3) is 0 Å². The van der Waals surface area contributed by atoms with E-state index >= 15 is 0 Å². The fourth-order valence-corrected chi connectivity index (χ4v) is 1.58. The summed E-state index contributed by atoms with van der Waals surface area (Å²) in [5.74, 6) is 1.26. The van der Waals surface area contributed by atoms with E-state index in [2.05, 4.69) is 0 Å². The minimum atomic E-state index is -0.188. The number of aryl methyl sites for hydroxylation is 1. The number of methoxy groups -OCH3 is 2. The highest BCUT2D eigenvalue weighted by Crippen LogP contribution is 2.23. The molecule has 0 aliphatic rings. The van der Waals surface area contributed by atoms with E-state index in [4.69, 9.17) is 14.2 Å². The molecule has 0 aliphatic carbocycles. The number of carbonyl (C=O) groups excluding carboxylic acids is 1. The van der Waals surface area contributed by atoms with Gasteiger partial charge in [0.1, 0.15) is 11.5 Å². The fourth-order valence-electron chi connectivity index (χ4n) is 1.58. The van der Waals surface area contributed by atoms with E-state index in [1.807, 2.05) is 26.0 Å². The molecule has 18 heavy (non-hydrogen) atoms. The normalized spacial score (nSPS) is 10.3. The minimum absolute atomic E-state index is 0.0719. The first-order valence-corrected chi connectivity index (χ1v) is 5.96. The van der Waals surface area contributed by atoms with Gasteiger partial charge < -0.3 is 14.2 Å². The van der Waals surface area contributed by atoms with Crippen molar-refractivity contribution in [3.05, 3.63) is 23.8 Å². The van der Waals surface area contributed by atoms with Crippen LogP contribution in [0.3, 0.4) is 0 Å². The number of carbonyl (C=O) groups is 1. The third-order valence-electron chi connectivity index (χ3n) is 2.40. The van der Waals surface area contributed by atoms with Crippen LogP contribution >= 0.6 is 0 Å². The second-order valence-electron chi connectivity index (χ2n) is 4.26. The molecule has 0 radical (unpaired) electrons. The number of ether oxygens (including phenoxy) is 3. The number of benzene rings is 1. The van der Waals surface area contributed by atoms with E-state index in [0.29, 0.717) is 12.8 Å². The molecule has 0 spiro atoms. The molecule has 0 heterocycles. The maximum absolute atomic E-state index is 11.5. The zero-order valence-electron chi connectivity index (χ0n) is 11.4. The predicted octanol–water partition coefficient (Wildman–Crippen LogP) is 2.59. The van der Waals surface area contributed by atoms with E-state index in [1.165, 1.54) is 0 Å². The number of hydrogen-bond donors (Lipinski definition) is 0. The van der Waals surface area contributed by atoms with E-state index in [9.17, 15) is 4.79 Å². The van der Waals surface area contributed by atoms with Gasteiger partial charge in [0.2, 0.25) is 0 Å². The van der Waals surface area contributed by atoms with Crippen molar-refractivity contribution in [3.63, 3.8) is 0 Å². The first-order chi connectivity index (χ1) is 8.55. The summed E-state index contributed by atoms with van der Waals surface area (Å²) in [5, 5.41) is 0. The lowest BCUT2D eigenvalue weighted by molar-refractivity contribution is -0.147. The summed E-state index contributed by atoms with van der Waals surface area (Å²) in [6.45, 7) is 3.68. The van der Waals surface area contributed by atoms with Crippen molar-refractivity contribution in [2.24, 2.45) is 0 Å². The van der Waals surface area contributed by atoms with Crippen LogP contribution in [-0.4, -0.2) is 26.3 Å². The Kier molecular flexibility index (Phi) is 5.49. The van der Waals surface area contributed by atoms with Gasteiger partial charge in [-0.05, 0) is 38.0 Å². The Labute approximate surface area is 108 Å². The molecule has 1 aromatic rings. The van der Waals surface area contributed by atoms with Crippen LogP contribution in [0.4, 0.5) is 0 Å². The molecule has 4 nitrogen and oxygen atoms in total. The van der Waals surface area contributed by atoms with Crippen molar-refractivity contribution in [2.75, 3.05) is 14.2 Å². The molecule has 0 aliphatic heterocycles. The molecule has 0 saturated carbocycles. The van der Waals surface area contributed by atoms with Gasteiger partial charge in [-0.2, -0.15) is 0 Å². The van der Waals surface area contributed by atoms with Crippen molar-refractivity contribution >= 4 is 5.97 Å². The summed E-state index contributed by atoms with van der Waals surface area (Å²) < 4.78 is 15.4. The minimum Gasteiger partial charge on any atom is -0.497 e. The highest BCUT2D eigenvalue weighted by atomic mass is 16.5. The van der Waals surface area contributed by atoms with Gasteiger partial charge >= 0.3 is 5.97 Å². The zero-order valence-corrected chi connectivity index (χ0v) is 11.4. The van der Waals surface area contributed by atoms with Crippen LogP contribution in [0.15, 0.2) is 18.2 Å². The molecule has 0 fully saturated rings. The highest BCUT2D eigenvalue weighted by Gasteiger charge is 2.08. The fraction of sp³-hybridized carbons (Fsp3) is 0.500. The largest absolute Gasteiger partial charge is 0.497 e. The smallest absolute Gasteiger partial charge is 0.306 e. The molecule has 100 valence electrons. The van der Waals surface area contributed by atoms with Gasteiger partial charge in [0.15, 0.2) is 0 Å². The second kappa shape index (κ2) is 6.89. The molecule has 1 rings (SSSR count). The Hall–Kier alpha value is -1.71. The standard InChI is InChI=1S/C14H20O4/c1-10(2)18-14(15)6-5-11-7-12(16-3)9-13(8-11)17-4/h7-10H,5-6H2,1-4H3. The van der Waals surface area contributed by atoms with Gasteiger partial charge in [-0.3, -0.25) is 4.79 Å². The Bertz CT molecular complexity index is 377. The van der Waals surface area contributed by atoms with Gasteiger partial charge in [0.05, 0.1) is 20.3 Å². The Morgan fingerprint density at radius 1 is 1.11 bits per heavy atom. The number of rotatable bonds is 6. The van der Waals surface area contributed by atoms with Gasteiger partial charge in [0, 0.05) is 12.5 Å². The molecular formula is C14H20O4. The Morgan fingerprint density at radius 2 is 1.67 bits per heavy atom. The monoisotopic (exact) mass is 252 g/mol. The third kappa shape index (κ3) is 4.65. The van der Waals surface area contributed by atoms with Crippen LogP contribution in [0.1, 0.15) is 25.8 Å². The van der Waals surface area contributed by atoms with Crippen molar-refractivity contribution in [1.29, 1.82) is 0 Å². The molecule has 1 aromatic carbocycles. The van der Waals surface area contributed by atoms with Gasteiger partial charge in [-0.25, -0.2) is 0 Å². The lowest BCUT2D eigenvalue weighted by atomic mass is 10.1. The van der Waals surface area contributed by atoms with Crippen LogP contribution in [-0.2, 0) is 16.0 Å². The van der Waals surface area contributed by atoms with Crippen LogP contribution in [0.2, 0.25) is 0 Å². The maximum Gasteiger partial charge on any atom is 0.306 e. The van der Waals surface area contributed by atoms with Crippen molar-refractivity contribution in [3.8, 4) is 11.5 Å². The maximum atomic E-state index is 11.5. The molecule has 4 heteroatoms. The molecule has 0 unspecified atom stereocenters. The van der Waals surface area contributed by atoms with Crippen LogP contribution in [0.25, 0.3) is 0 Å². The van der Waals surface area contributed by atoms with Gasteiger partial charge in [-0.1, -0.05) is 0 Å². The summed E-state index contributed by atoms with van der Waals surface area (Å²) in [6.07, 6.45) is 0.894. The summed E-state index contributed by atoms with van der Waals surface area (Å²) in [4.78, 5) is 11.5. The SMILES string of the molecule is COc1cc(CCC(=O)OC(C)C)cc(OC)c1. The quantitative estimate of drug-likeness (QED) is 0.730. The molecule has 0 bridgehead atoms. The van der Waals surface area contributed by atoms with E-state index in [1.54, 1.807) is 20.3 Å². The van der Waals surface area contributed by atoms with Crippen molar-refractivity contribution in [2.45, 2.75) is 32.8 Å². The first-order valence-electron chi connectivity index (χ1n) is 5.96. The second-order valence-corrected chi connectivity index (χ2v) is 4.26. The average molecular weight is 252 g/mol. The predicted molar refractivity (Wildman–Crippen MR) is 69.1 cm³/mol. The summed E-state index contributed by atoms with van der Waals surface area (Å²) in [5.41, 5.74) is 0.993.